The van der Waals surface area contributed by atoms with Crippen LogP contribution >= 0.6 is 27.3 Å². The van der Waals surface area contributed by atoms with Crippen LogP contribution < -0.4 is 4.74 Å². The molecule has 22 heavy (non-hydrogen) atoms. The molecule has 0 unspecified atom stereocenters. The van der Waals surface area contributed by atoms with Crippen molar-refractivity contribution in [1.29, 1.82) is 0 Å². The van der Waals surface area contributed by atoms with Gasteiger partial charge in [0.1, 0.15) is 10.6 Å². The molecule has 2 aromatic rings. The predicted octanol–water partition coefficient (Wildman–Crippen LogP) is 3.30. The first-order valence-electron chi connectivity index (χ1n) is 6.61. The van der Waals surface area contributed by atoms with Crippen molar-refractivity contribution < 1.29 is 13.2 Å². The SMILES string of the molecule is CCc1nc(CN(C)S(=O)(=O)c2cc(Br)ccc2OC)cs1. The van der Waals surface area contributed by atoms with Crippen molar-refractivity contribution in [3.05, 3.63) is 38.8 Å². The molecule has 5 nitrogen and oxygen atoms in total. The number of methoxy groups -OCH3 is 1. The number of benzene rings is 1. The smallest absolute Gasteiger partial charge is 0.246 e. The highest BCUT2D eigenvalue weighted by molar-refractivity contribution is 9.10. The second-order valence-corrected chi connectivity index (χ2v) is 8.51. The number of sulfonamides is 1. The van der Waals surface area contributed by atoms with E-state index >= 15 is 0 Å². The zero-order chi connectivity index (χ0) is 16.3. The van der Waals surface area contributed by atoms with Gasteiger partial charge in [-0.3, -0.25) is 0 Å². The lowest BCUT2D eigenvalue weighted by Gasteiger charge is -2.18. The van der Waals surface area contributed by atoms with E-state index in [1.807, 2.05) is 12.3 Å². The second-order valence-electron chi connectivity index (χ2n) is 4.64. The fourth-order valence-corrected chi connectivity index (χ4v) is 4.49. The average molecular weight is 405 g/mol. The van der Waals surface area contributed by atoms with Crippen LogP contribution in [0.4, 0.5) is 0 Å². The van der Waals surface area contributed by atoms with Gasteiger partial charge in [-0.15, -0.1) is 11.3 Å². The predicted molar refractivity (Wildman–Crippen MR) is 90.8 cm³/mol. The molecular formula is C14H17BrN2O3S2. The summed E-state index contributed by atoms with van der Waals surface area (Å²) in [6, 6.07) is 4.91. The lowest BCUT2D eigenvalue weighted by molar-refractivity contribution is 0.397. The molecule has 0 spiro atoms. The highest BCUT2D eigenvalue weighted by Crippen LogP contribution is 2.30. The molecule has 0 fully saturated rings. The Morgan fingerprint density at radius 3 is 2.73 bits per heavy atom. The number of ether oxygens (including phenoxy) is 1. The highest BCUT2D eigenvalue weighted by atomic mass is 79.9. The first-order valence-corrected chi connectivity index (χ1v) is 9.73. The van der Waals surface area contributed by atoms with Crippen LogP contribution in [-0.2, 0) is 23.0 Å². The summed E-state index contributed by atoms with van der Waals surface area (Å²) in [5, 5.41) is 2.89. The number of rotatable bonds is 6. The van der Waals surface area contributed by atoms with E-state index in [0.717, 1.165) is 17.1 Å². The topological polar surface area (TPSA) is 59.5 Å². The molecule has 1 aromatic heterocycles. The molecule has 0 saturated heterocycles. The van der Waals surface area contributed by atoms with Crippen LogP contribution in [0.15, 0.2) is 32.9 Å². The van der Waals surface area contributed by atoms with Gasteiger partial charge in [0.05, 0.1) is 24.4 Å². The summed E-state index contributed by atoms with van der Waals surface area (Å²) in [5.41, 5.74) is 0.752. The molecule has 0 saturated carbocycles. The Labute approximate surface area is 143 Å². The van der Waals surface area contributed by atoms with Gasteiger partial charge in [0.15, 0.2) is 0 Å². The Bertz CT molecular complexity index is 759. The molecule has 8 heteroatoms. The molecule has 0 radical (unpaired) electrons. The van der Waals surface area contributed by atoms with Gasteiger partial charge in [0.25, 0.3) is 0 Å². The van der Waals surface area contributed by atoms with Crippen molar-refractivity contribution in [3.63, 3.8) is 0 Å². The number of aryl methyl sites for hydroxylation is 1. The van der Waals surface area contributed by atoms with E-state index in [9.17, 15) is 8.42 Å². The van der Waals surface area contributed by atoms with Crippen molar-refractivity contribution in [1.82, 2.24) is 9.29 Å². The van der Waals surface area contributed by atoms with Gasteiger partial charge in [-0.05, 0) is 24.6 Å². The molecule has 0 aliphatic carbocycles. The van der Waals surface area contributed by atoms with E-state index in [1.165, 1.54) is 11.4 Å². The third-order valence-electron chi connectivity index (χ3n) is 3.10. The zero-order valence-corrected chi connectivity index (χ0v) is 15.8. The quantitative estimate of drug-likeness (QED) is 0.740. The molecule has 0 aliphatic rings. The lowest BCUT2D eigenvalue weighted by atomic mass is 10.3. The van der Waals surface area contributed by atoms with Crippen LogP contribution in [0, 0.1) is 0 Å². The molecule has 1 aromatic carbocycles. The van der Waals surface area contributed by atoms with Crippen molar-refractivity contribution in [2.24, 2.45) is 0 Å². The fraction of sp³-hybridized carbons (Fsp3) is 0.357. The van der Waals surface area contributed by atoms with E-state index in [4.69, 9.17) is 4.74 Å². The summed E-state index contributed by atoms with van der Waals surface area (Å²) < 4.78 is 32.6. The van der Waals surface area contributed by atoms with Crippen LogP contribution in [-0.4, -0.2) is 31.9 Å². The maximum Gasteiger partial charge on any atom is 0.246 e. The Balaban J connectivity index is 2.31. The summed E-state index contributed by atoms with van der Waals surface area (Å²) in [5.74, 6) is 0.322. The Kier molecular flexibility index (Phi) is 5.60. The normalized spacial score (nSPS) is 11.9. The van der Waals surface area contributed by atoms with Crippen molar-refractivity contribution in [2.45, 2.75) is 24.8 Å². The largest absolute Gasteiger partial charge is 0.495 e. The molecular weight excluding hydrogens is 388 g/mol. The molecule has 0 aliphatic heterocycles. The summed E-state index contributed by atoms with van der Waals surface area (Å²) in [4.78, 5) is 4.54. The number of hydrogen-bond donors (Lipinski definition) is 0. The summed E-state index contributed by atoms with van der Waals surface area (Å²) in [6.45, 7) is 2.25. The van der Waals surface area contributed by atoms with E-state index in [0.29, 0.717) is 10.2 Å². The second kappa shape index (κ2) is 7.08. The number of nitrogens with zero attached hydrogens (tertiary/aromatic N) is 2. The molecule has 0 bridgehead atoms. The van der Waals surface area contributed by atoms with Crippen molar-refractivity contribution >= 4 is 37.3 Å². The summed E-state index contributed by atoms with van der Waals surface area (Å²) in [6.07, 6.45) is 0.848. The summed E-state index contributed by atoms with van der Waals surface area (Å²) >= 11 is 4.84. The first-order chi connectivity index (χ1) is 10.4. The molecule has 0 N–H and O–H groups in total. The highest BCUT2D eigenvalue weighted by Gasteiger charge is 2.25. The molecule has 2 rings (SSSR count). The third kappa shape index (κ3) is 3.68. The summed E-state index contributed by atoms with van der Waals surface area (Å²) in [7, 11) is -0.660. The first kappa shape index (κ1) is 17.4. The maximum absolute atomic E-state index is 12.7. The standard InChI is InChI=1S/C14H17BrN2O3S2/c1-4-14-16-11(9-21-14)8-17(2)22(18,19)13-7-10(15)5-6-12(13)20-3/h5-7,9H,4,8H2,1-3H3. The average Bonchev–Trinajstić information content (AvgIpc) is 2.94. The van der Waals surface area contributed by atoms with E-state index in [-0.39, 0.29) is 11.4 Å². The Hall–Kier alpha value is -0.960. The minimum absolute atomic E-state index is 0.137. The minimum Gasteiger partial charge on any atom is -0.495 e. The van der Waals surface area contributed by atoms with Crippen LogP contribution in [0.2, 0.25) is 0 Å². The van der Waals surface area contributed by atoms with Crippen molar-refractivity contribution in [3.8, 4) is 5.75 Å². The van der Waals surface area contributed by atoms with E-state index < -0.39 is 10.0 Å². The minimum atomic E-state index is -3.66. The lowest BCUT2D eigenvalue weighted by Crippen LogP contribution is -2.27. The molecule has 0 amide bonds. The zero-order valence-electron chi connectivity index (χ0n) is 12.5. The number of halogens is 1. The van der Waals surface area contributed by atoms with Crippen LogP contribution in [0.3, 0.4) is 0 Å². The van der Waals surface area contributed by atoms with E-state index in [1.54, 1.807) is 36.6 Å². The van der Waals surface area contributed by atoms with Crippen LogP contribution in [0.1, 0.15) is 17.6 Å². The Morgan fingerprint density at radius 2 is 2.14 bits per heavy atom. The van der Waals surface area contributed by atoms with Gasteiger partial charge in [0, 0.05) is 16.9 Å². The van der Waals surface area contributed by atoms with E-state index in [2.05, 4.69) is 20.9 Å². The van der Waals surface area contributed by atoms with Gasteiger partial charge in [-0.1, -0.05) is 22.9 Å². The number of hydrogen-bond acceptors (Lipinski definition) is 5. The molecule has 120 valence electrons. The van der Waals surface area contributed by atoms with Gasteiger partial charge in [0.2, 0.25) is 10.0 Å². The molecule has 1 heterocycles. The third-order valence-corrected chi connectivity index (χ3v) is 6.46. The molecule has 0 atom stereocenters. The number of aromatic nitrogens is 1. The van der Waals surface area contributed by atoms with Gasteiger partial charge >= 0.3 is 0 Å². The number of thiazole rings is 1. The van der Waals surface area contributed by atoms with Crippen molar-refractivity contribution in [2.75, 3.05) is 14.2 Å². The maximum atomic E-state index is 12.7. The fourth-order valence-electron chi connectivity index (χ4n) is 1.92. The van der Waals surface area contributed by atoms with Gasteiger partial charge < -0.3 is 4.74 Å². The van der Waals surface area contributed by atoms with Crippen LogP contribution in [0.25, 0.3) is 0 Å². The van der Waals surface area contributed by atoms with Gasteiger partial charge in [-0.25, -0.2) is 13.4 Å². The van der Waals surface area contributed by atoms with Crippen LogP contribution in [0.5, 0.6) is 5.75 Å². The van der Waals surface area contributed by atoms with Gasteiger partial charge in [-0.2, -0.15) is 4.31 Å². The monoisotopic (exact) mass is 404 g/mol. The Morgan fingerprint density at radius 1 is 1.41 bits per heavy atom.